The predicted octanol–water partition coefficient (Wildman–Crippen LogP) is 7.98. The van der Waals surface area contributed by atoms with Gasteiger partial charge in [-0.3, -0.25) is 14.5 Å². The first-order chi connectivity index (χ1) is 27.3. The van der Waals surface area contributed by atoms with Crippen LogP contribution in [0.5, 0.6) is 0 Å². The summed E-state index contributed by atoms with van der Waals surface area (Å²) < 4.78 is 0. The fourth-order valence-corrected chi connectivity index (χ4v) is 8.41. The molecule has 2 aliphatic heterocycles. The quantitative estimate of drug-likeness (QED) is 0.0897. The van der Waals surface area contributed by atoms with Gasteiger partial charge in [-0.15, -0.1) is 0 Å². The number of likely N-dealkylation sites (tertiary alicyclic amines) is 2. The Balaban J connectivity index is 1.01. The molecule has 0 bridgehead atoms. The smallest absolute Gasteiger partial charge is 0.405 e. The van der Waals surface area contributed by atoms with Gasteiger partial charge in [0, 0.05) is 13.1 Å². The van der Waals surface area contributed by atoms with Crippen molar-refractivity contribution in [3.8, 4) is 33.6 Å². The zero-order chi connectivity index (χ0) is 39.2. The number of hydrogen-bond donors (Lipinski definition) is 4. The summed E-state index contributed by atoms with van der Waals surface area (Å²) in [4.78, 5) is 61.3. The number of aromatic nitrogens is 4. The Bertz CT molecular complexity index is 2090. The number of aromatic amines is 2. The van der Waals surface area contributed by atoms with Crippen LogP contribution in [-0.4, -0.2) is 89.9 Å². The molecule has 2 aromatic heterocycles. The lowest BCUT2D eigenvalue weighted by Crippen LogP contribution is -2.48. The molecule has 5 aromatic rings. The highest BCUT2D eigenvalue weighted by molar-refractivity contribution is 5.86. The van der Waals surface area contributed by atoms with Crippen LogP contribution in [0.25, 0.3) is 33.6 Å². The number of likely N-dealkylation sites (N-methyl/N-ethyl adjacent to an activating group) is 1. The molecule has 0 spiro atoms. The molecule has 4 N–H and O–H groups in total. The first-order valence-corrected chi connectivity index (χ1v) is 20.0. The van der Waals surface area contributed by atoms with Crippen LogP contribution in [0.4, 0.5) is 4.79 Å². The zero-order valence-corrected chi connectivity index (χ0v) is 32.4. The standard InChI is InChI=1S/C44H52N8O4/c1-4-12-34(49-44(55)56)42(53)51-25-10-15-37(51)40-45-27-35(47-40)31-21-17-29(18-22-31)30-19-23-32(24-20-30)36-28-46-41(48-36)38-16-11-26-52(38)43(54)39(50(5-2)6-3)33-13-8-7-9-14-33/h7-9,13-14,17-24,27-28,34,37-39,49H,4-6,10-12,15-16,25-26H2,1-3H3,(H,45,47)(H,46,48)(H,55,56)/t34-,37-,38-,39+/m0/s1. The van der Waals surface area contributed by atoms with Crippen molar-refractivity contribution in [1.82, 2.24) is 40.0 Å². The molecule has 0 saturated carbocycles. The SMILES string of the molecule is CCC[C@H](NC(=O)O)C(=O)N1CCC[C@H]1c1ncc(-c2ccc(-c3ccc(-c4cnc([C@@H]5CCCN5C(=O)[C@@H](c5ccccc5)N(CC)CC)[nH]4)cc3)cc2)[nH]1. The van der Waals surface area contributed by atoms with Crippen molar-refractivity contribution in [2.75, 3.05) is 26.2 Å². The van der Waals surface area contributed by atoms with E-state index in [4.69, 9.17) is 4.98 Å². The highest BCUT2D eigenvalue weighted by atomic mass is 16.4. The van der Waals surface area contributed by atoms with E-state index in [9.17, 15) is 19.5 Å². The lowest BCUT2D eigenvalue weighted by molar-refractivity contribution is -0.138. The molecule has 0 radical (unpaired) electrons. The van der Waals surface area contributed by atoms with Crippen LogP contribution in [0.3, 0.4) is 0 Å². The van der Waals surface area contributed by atoms with E-state index in [2.05, 4.69) is 99.7 Å². The Morgan fingerprint density at radius 3 is 1.68 bits per heavy atom. The zero-order valence-electron chi connectivity index (χ0n) is 32.4. The topological polar surface area (TPSA) is 151 Å². The number of amides is 3. The van der Waals surface area contributed by atoms with Crippen LogP contribution in [0.15, 0.2) is 91.3 Å². The Hall–Kier alpha value is -5.75. The van der Waals surface area contributed by atoms with Gasteiger partial charge in [0.15, 0.2) is 0 Å². The molecule has 4 heterocycles. The van der Waals surface area contributed by atoms with Crippen LogP contribution in [-0.2, 0) is 9.59 Å². The number of rotatable bonds is 14. The van der Waals surface area contributed by atoms with Gasteiger partial charge in [0.25, 0.3) is 0 Å². The van der Waals surface area contributed by atoms with Crippen molar-refractivity contribution in [1.29, 1.82) is 0 Å². The van der Waals surface area contributed by atoms with Crippen LogP contribution in [0.1, 0.15) is 94.6 Å². The molecule has 7 rings (SSSR count). The fourth-order valence-electron chi connectivity index (χ4n) is 8.41. The average Bonchev–Trinajstić information content (AvgIpc) is 4.07. The van der Waals surface area contributed by atoms with Crippen molar-refractivity contribution in [2.45, 2.75) is 83.5 Å². The van der Waals surface area contributed by atoms with E-state index in [1.54, 1.807) is 11.1 Å². The van der Waals surface area contributed by atoms with Gasteiger partial charge in [-0.1, -0.05) is 106 Å². The van der Waals surface area contributed by atoms with Gasteiger partial charge in [-0.05, 0) is 73.0 Å². The molecule has 3 amide bonds. The van der Waals surface area contributed by atoms with E-state index in [0.717, 1.165) is 83.8 Å². The number of hydrogen-bond acceptors (Lipinski definition) is 6. The van der Waals surface area contributed by atoms with Gasteiger partial charge in [0.2, 0.25) is 11.8 Å². The molecule has 292 valence electrons. The van der Waals surface area contributed by atoms with Crippen molar-refractivity contribution >= 4 is 17.9 Å². The first kappa shape index (κ1) is 38.5. The Kier molecular flexibility index (Phi) is 11.9. The molecule has 12 nitrogen and oxygen atoms in total. The number of imidazole rings is 2. The maximum absolute atomic E-state index is 14.2. The number of nitrogens with zero attached hydrogens (tertiary/aromatic N) is 5. The normalized spacial score (nSPS) is 18.0. The van der Waals surface area contributed by atoms with Crippen LogP contribution >= 0.6 is 0 Å². The summed E-state index contributed by atoms with van der Waals surface area (Å²) in [5.74, 6) is 1.46. The Morgan fingerprint density at radius 2 is 1.21 bits per heavy atom. The summed E-state index contributed by atoms with van der Waals surface area (Å²) in [6.07, 6.45) is 7.04. The molecule has 56 heavy (non-hydrogen) atoms. The molecule has 2 saturated heterocycles. The van der Waals surface area contributed by atoms with Gasteiger partial charge in [-0.2, -0.15) is 0 Å². The van der Waals surface area contributed by atoms with Gasteiger partial charge in [0.05, 0.1) is 35.9 Å². The highest BCUT2D eigenvalue weighted by Crippen LogP contribution is 2.36. The molecule has 2 aliphatic rings. The van der Waals surface area contributed by atoms with Crippen molar-refractivity contribution in [2.24, 2.45) is 0 Å². The van der Waals surface area contributed by atoms with Gasteiger partial charge < -0.3 is 30.2 Å². The van der Waals surface area contributed by atoms with E-state index >= 15 is 0 Å². The largest absolute Gasteiger partial charge is 0.465 e. The monoisotopic (exact) mass is 756 g/mol. The predicted molar refractivity (Wildman–Crippen MR) is 216 cm³/mol. The maximum atomic E-state index is 14.2. The number of carbonyl (C=O) groups is 3. The van der Waals surface area contributed by atoms with Crippen molar-refractivity contribution in [3.05, 3.63) is 108 Å². The average molecular weight is 757 g/mol. The number of carboxylic acid groups (broad SMARTS) is 1. The van der Waals surface area contributed by atoms with E-state index in [1.807, 2.05) is 36.2 Å². The molecule has 3 aromatic carbocycles. The van der Waals surface area contributed by atoms with E-state index in [1.165, 1.54) is 0 Å². The Morgan fingerprint density at radius 1 is 0.732 bits per heavy atom. The summed E-state index contributed by atoms with van der Waals surface area (Å²) in [5.41, 5.74) is 6.96. The molecule has 12 heteroatoms. The summed E-state index contributed by atoms with van der Waals surface area (Å²) in [7, 11) is 0. The van der Waals surface area contributed by atoms with Crippen LogP contribution in [0, 0.1) is 0 Å². The number of nitrogens with one attached hydrogen (secondary N) is 3. The van der Waals surface area contributed by atoms with Crippen LogP contribution < -0.4 is 5.32 Å². The minimum Gasteiger partial charge on any atom is -0.465 e. The van der Waals surface area contributed by atoms with Crippen molar-refractivity contribution in [3.63, 3.8) is 0 Å². The molecular formula is C44H52N8O4. The lowest BCUT2D eigenvalue weighted by Gasteiger charge is -2.34. The number of benzene rings is 3. The third-order valence-electron chi connectivity index (χ3n) is 11.3. The molecule has 2 fully saturated rings. The highest BCUT2D eigenvalue weighted by Gasteiger charge is 2.38. The van der Waals surface area contributed by atoms with Gasteiger partial charge in [0.1, 0.15) is 23.7 Å². The molecule has 4 atom stereocenters. The summed E-state index contributed by atoms with van der Waals surface area (Å²) >= 11 is 0. The molecular weight excluding hydrogens is 705 g/mol. The third-order valence-corrected chi connectivity index (χ3v) is 11.3. The maximum Gasteiger partial charge on any atom is 0.405 e. The minimum atomic E-state index is -1.19. The minimum absolute atomic E-state index is 0.0966. The number of H-pyrrole nitrogens is 2. The first-order valence-electron chi connectivity index (χ1n) is 20.0. The second-order valence-electron chi connectivity index (χ2n) is 14.7. The lowest BCUT2D eigenvalue weighted by atomic mass is 10.0. The van der Waals surface area contributed by atoms with Gasteiger partial charge in [-0.25, -0.2) is 14.8 Å². The third kappa shape index (κ3) is 8.11. The van der Waals surface area contributed by atoms with E-state index in [0.29, 0.717) is 31.8 Å². The van der Waals surface area contributed by atoms with E-state index in [-0.39, 0.29) is 29.9 Å². The van der Waals surface area contributed by atoms with Gasteiger partial charge >= 0.3 is 6.09 Å². The Labute approximate surface area is 328 Å². The van der Waals surface area contributed by atoms with Crippen molar-refractivity contribution < 1.29 is 19.5 Å². The molecule has 0 unspecified atom stereocenters. The summed E-state index contributed by atoms with van der Waals surface area (Å²) in [6.45, 7) is 9.02. The molecule has 0 aliphatic carbocycles. The second kappa shape index (κ2) is 17.4. The van der Waals surface area contributed by atoms with E-state index < -0.39 is 12.1 Å². The summed E-state index contributed by atoms with van der Waals surface area (Å²) in [5, 5.41) is 11.7. The fraction of sp³-hybridized carbons (Fsp3) is 0.386. The van der Waals surface area contributed by atoms with Crippen LogP contribution in [0.2, 0.25) is 0 Å². The summed E-state index contributed by atoms with van der Waals surface area (Å²) in [6, 6.07) is 25.4. The number of carbonyl (C=O) groups excluding carboxylic acids is 2. The second-order valence-corrected chi connectivity index (χ2v) is 14.7.